The van der Waals surface area contributed by atoms with Crippen molar-refractivity contribution in [1.82, 2.24) is 9.55 Å². The van der Waals surface area contributed by atoms with Gasteiger partial charge < -0.3 is 31.2 Å². The fourth-order valence-electron chi connectivity index (χ4n) is 2.94. The van der Waals surface area contributed by atoms with Gasteiger partial charge in [-0.25, -0.2) is 4.79 Å². The van der Waals surface area contributed by atoms with E-state index >= 15 is 0 Å². The summed E-state index contributed by atoms with van der Waals surface area (Å²) >= 11 is 0. The number of rotatable bonds is 6. The highest BCUT2D eigenvalue weighted by Crippen LogP contribution is 2.28. The second-order valence-corrected chi connectivity index (χ2v) is 6.51. The van der Waals surface area contributed by atoms with Gasteiger partial charge in [0.2, 0.25) is 0 Å². The van der Waals surface area contributed by atoms with E-state index in [4.69, 9.17) is 20.9 Å². The van der Waals surface area contributed by atoms with Crippen molar-refractivity contribution in [2.45, 2.75) is 37.0 Å². The molecule has 0 saturated carbocycles. The second-order valence-electron chi connectivity index (χ2n) is 6.51. The van der Waals surface area contributed by atoms with Crippen molar-refractivity contribution in [3.05, 3.63) is 58.6 Å². The number of halogens is 2. The standard InChI is InChI=1S/C18H22N4O6.2ClH/c19-11(8-10-4-2-1-3-5-10)17(25)27-9-12-14(23)15(24)16(28-12)22-7-6-13(20)21-18(22)26;;/h1-7,11-12,14-16,23-24H,8-9,19H2,(H2,20,21,26);2*1H/t11-,12-,14-,15+,16-;;/m1../s1. The number of carbonyl (C=O) groups excluding carboxylic acids is 1. The zero-order valence-electron chi connectivity index (χ0n) is 15.7. The summed E-state index contributed by atoms with van der Waals surface area (Å²) in [4.78, 5) is 27.6. The van der Waals surface area contributed by atoms with Gasteiger partial charge in [0.25, 0.3) is 0 Å². The average Bonchev–Trinajstić information content (AvgIpc) is 2.95. The molecule has 2 aromatic rings. The quantitative estimate of drug-likeness (QED) is 0.410. The molecule has 0 aliphatic carbocycles. The minimum Gasteiger partial charge on any atom is -0.462 e. The molecule has 0 unspecified atom stereocenters. The van der Waals surface area contributed by atoms with Gasteiger partial charge in [-0.05, 0) is 18.1 Å². The maximum Gasteiger partial charge on any atom is 0.351 e. The number of hydrogen-bond donors (Lipinski definition) is 4. The molecule has 2 heterocycles. The predicted molar refractivity (Wildman–Crippen MR) is 112 cm³/mol. The van der Waals surface area contributed by atoms with Crippen molar-refractivity contribution < 1.29 is 24.5 Å². The van der Waals surface area contributed by atoms with Crippen LogP contribution in [-0.2, 0) is 20.7 Å². The van der Waals surface area contributed by atoms with E-state index in [9.17, 15) is 19.8 Å². The van der Waals surface area contributed by atoms with Crippen molar-refractivity contribution in [2.75, 3.05) is 12.3 Å². The number of anilines is 1. The van der Waals surface area contributed by atoms with Gasteiger partial charge in [-0.15, -0.1) is 24.8 Å². The van der Waals surface area contributed by atoms with Crippen molar-refractivity contribution in [2.24, 2.45) is 5.73 Å². The predicted octanol–water partition coefficient (Wildman–Crippen LogP) is -0.599. The second kappa shape index (κ2) is 11.3. The van der Waals surface area contributed by atoms with E-state index in [-0.39, 0.29) is 37.2 Å². The fourth-order valence-corrected chi connectivity index (χ4v) is 2.94. The Morgan fingerprint density at radius 1 is 1.20 bits per heavy atom. The van der Waals surface area contributed by atoms with Crippen LogP contribution in [0.4, 0.5) is 5.82 Å². The first-order valence-corrected chi connectivity index (χ1v) is 8.69. The fraction of sp³-hybridized carbons (Fsp3) is 0.389. The average molecular weight is 463 g/mol. The SMILES string of the molecule is Cl.Cl.Nc1ccn([C@@H]2O[C@H](COC(=O)[C@H](N)Cc3ccccc3)[C@@H](O)[C@@H]2O)c(=O)n1. The van der Waals surface area contributed by atoms with Gasteiger partial charge in [-0.2, -0.15) is 4.98 Å². The molecular formula is C18H24Cl2N4O6. The third-order valence-corrected chi connectivity index (χ3v) is 4.45. The molecule has 6 N–H and O–H groups in total. The molecule has 0 amide bonds. The number of nitrogens with zero attached hydrogens (tertiary/aromatic N) is 2. The Morgan fingerprint density at radius 3 is 2.50 bits per heavy atom. The minimum atomic E-state index is -1.41. The van der Waals surface area contributed by atoms with Gasteiger partial charge in [0.1, 0.15) is 36.8 Å². The molecule has 10 nitrogen and oxygen atoms in total. The molecule has 1 saturated heterocycles. The number of nitrogen functional groups attached to an aromatic ring is 1. The molecule has 1 aromatic carbocycles. The highest BCUT2D eigenvalue weighted by molar-refractivity contribution is 5.85. The summed E-state index contributed by atoms with van der Waals surface area (Å²) in [6.45, 7) is -0.326. The Morgan fingerprint density at radius 2 is 1.87 bits per heavy atom. The van der Waals surface area contributed by atoms with Crippen LogP contribution in [0.15, 0.2) is 47.4 Å². The van der Waals surface area contributed by atoms with Crippen LogP contribution in [0.1, 0.15) is 11.8 Å². The highest BCUT2D eigenvalue weighted by Gasteiger charge is 2.44. The van der Waals surface area contributed by atoms with E-state index in [1.54, 1.807) is 0 Å². The minimum absolute atomic E-state index is 0. The Labute approximate surface area is 184 Å². The summed E-state index contributed by atoms with van der Waals surface area (Å²) in [5.41, 5.74) is 11.4. The van der Waals surface area contributed by atoms with Crippen molar-refractivity contribution in [3.63, 3.8) is 0 Å². The molecular weight excluding hydrogens is 439 g/mol. The molecule has 1 aliphatic heterocycles. The lowest BCUT2D eigenvalue weighted by molar-refractivity contribution is -0.151. The van der Waals surface area contributed by atoms with Gasteiger partial charge in [0.05, 0.1) is 0 Å². The molecule has 1 fully saturated rings. The summed E-state index contributed by atoms with van der Waals surface area (Å²) < 4.78 is 11.6. The number of carbonyl (C=O) groups is 1. The van der Waals surface area contributed by atoms with Crippen LogP contribution in [0.2, 0.25) is 0 Å². The molecule has 3 rings (SSSR count). The van der Waals surface area contributed by atoms with E-state index < -0.39 is 42.2 Å². The number of ether oxygens (including phenoxy) is 2. The van der Waals surface area contributed by atoms with Crippen LogP contribution < -0.4 is 17.2 Å². The van der Waals surface area contributed by atoms with Gasteiger partial charge in [-0.1, -0.05) is 30.3 Å². The lowest BCUT2D eigenvalue weighted by Crippen LogP contribution is -2.39. The van der Waals surface area contributed by atoms with Crippen LogP contribution in [0.5, 0.6) is 0 Å². The van der Waals surface area contributed by atoms with Crippen LogP contribution in [0.25, 0.3) is 0 Å². The third-order valence-electron chi connectivity index (χ3n) is 4.45. The Balaban J connectivity index is 0.00000225. The molecule has 166 valence electrons. The molecule has 30 heavy (non-hydrogen) atoms. The number of aliphatic hydroxyl groups is 2. The number of aliphatic hydroxyl groups excluding tert-OH is 2. The summed E-state index contributed by atoms with van der Waals surface area (Å²) in [7, 11) is 0. The van der Waals surface area contributed by atoms with Gasteiger partial charge in [-0.3, -0.25) is 9.36 Å². The van der Waals surface area contributed by atoms with E-state index in [1.807, 2.05) is 30.3 Å². The van der Waals surface area contributed by atoms with Gasteiger partial charge in [0, 0.05) is 6.20 Å². The van der Waals surface area contributed by atoms with Gasteiger partial charge in [0.15, 0.2) is 6.23 Å². The third kappa shape index (κ3) is 5.91. The number of aromatic nitrogens is 2. The Kier molecular flexibility index (Phi) is 9.69. The van der Waals surface area contributed by atoms with Crippen molar-refractivity contribution >= 4 is 36.6 Å². The number of hydrogen-bond acceptors (Lipinski definition) is 9. The summed E-state index contributed by atoms with van der Waals surface area (Å²) in [5, 5.41) is 20.3. The highest BCUT2D eigenvalue weighted by atomic mass is 35.5. The molecule has 1 aliphatic rings. The maximum absolute atomic E-state index is 12.1. The van der Waals surface area contributed by atoms with E-state index in [0.717, 1.165) is 10.1 Å². The normalized spacial score (nSPS) is 23.7. The molecule has 1 aromatic heterocycles. The smallest absolute Gasteiger partial charge is 0.351 e. The molecule has 5 atom stereocenters. The first-order valence-electron chi connectivity index (χ1n) is 8.69. The first kappa shape index (κ1) is 25.8. The number of benzene rings is 1. The van der Waals surface area contributed by atoms with E-state index in [2.05, 4.69) is 4.98 Å². The lowest BCUT2D eigenvalue weighted by atomic mass is 10.1. The molecule has 12 heteroatoms. The Hall–Kier alpha value is -2.21. The lowest BCUT2D eigenvalue weighted by Gasteiger charge is -2.17. The van der Waals surface area contributed by atoms with Crippen LogP contribution in [-0.4, -0.2) is 56.7 Å². The van der Waals surface area contributed by atoms with E-state index in [0.29, 0.717) is 6.42 Å². The van der Waals surface area contributed by atoms with Gasteiger partial charge >= 0.3 is 11.7 Å². The number of nitrogens with two attached hydrogens (primary N) is 2. The Bertz CT molecular complexity index is 884. The van der Waals surface area contributed by atoms with E-state index in [1.165, 1.54) is 12.3 Å². The molecule has 0 bridgehead atoms. The van der Waals surface area contributed by atoms with Crippen molar-refractivity contribution in [3.8, 4) is 0 Å². The summed E-state index contributed by atoms with van der Waals surface area (Å²) in [6.07, 6.45) is -3.40. The topological polar surface area (TPSA) is 163 Å². The largest absolute Gasteiger partial charge is 0.462 e. The maximum atomic E-state index is 12.1. The monoisotopic (exact) mass is 462 g/mol. The first-order chi connectivity index (χ1) is 13.4. The van der Waals surface area contributed by atoms with Crippen LogP contribution >= 0.6 is 24.8 Å². The van der Waals surface area contributed by atoms with Crippen LogP contribution in [0, 0.1) is 0 Å². The van der Waals surface area contributed by atoms with Crippen molar-refractivity contribution in [1.29, 1.82) is 0 Å². The summed E-state index contributed by atoms with van der Waals surface area (Å²) in [5.74, 6) is -0.643. The zero-order valence-corrected chi connectivity index (χ0v) is 17.4. The molecule has 0 radical (unpaired) electrons. The zero-order chi connectivity index (χ0) is 20.3. The number of esters is 1. The summed E-state index contributed by atoms with van der Waals surface area (Å²) in [6, 6.07) is 9.70. The molecule has 0 spiro atoms. The van der Waals surface area contributed by atoms with Crippen LogP contribution in [0.3, 0.4) is 0 Å².